The van der Waals surface area contributed by atoms with E-state index in [0.717, 1.165) is 22.0 Å². The van der Waals surface area contributed by atoms with E-state index in [4.69, 9.17) is 5.11 Å². The van der Waals surface area contributed by atoms with Gasteiger partial charge in [-0.25, -0.2) is 4.79 Å². The molecule has 1 heterocycles. The predicted molar refractivity (Wildman–Crippen MR) is 92.0 cm³/mol. The van der Waals surface area contributed by atoms with Crippen LogP contribution in [0.5, 0.6) is 0 Å². The van der Waals surface area contributed by atoms with Gasteiger partial charge in [0, 0.05) is 18.0 Å². The fourth-order valence-corrected chi connectivity index (χ4v) is 3.27. The molecule has 1 aromatic heterocycles. The maximum Gasteiger partial charge on any atom is 0.410 e. The highest BCUT2D eigenvalue weighted by molar-refractivity contribution is 6.03. The number of nitrogens with one attached hydrogen (secondary N) is 1. The summed E-state index contributed by atoms with van der Waals surface area (Å²) in [7, 11) is 1.74. The molecule has 0 radical (unpaired) electrons. The molecule has 2 aromatic carbocycles. The molecule has 0 aliphatic heterocycles. The maximum absolute atomic E-state index is 11.0. The maximum atomic E-state index is 11.0. The molecule has 0 atom stereocenters. The second kappa shape index (κ2) is 5.43. The summed E-state index contributed by atoms with van der Waals surface area (Å²) in [5.74, 6) is 0.483. The van der Waals surface area contributed by atoms with Crippen molar-refractivity contribution in [2.45, 2.75) is 20.8 Å². The summed E-state index contributed by atoms with van der Waals surface area (Å²) < 4.78 is 1.57. The van der Waals surface area contributed by atoms with Crippen LogP contribution in [0.15, 0.2) is 30.3 Å². The van der Waals surface area contributed by atoms with Gasteiger partial charge < -0.3 is 5.11 Å². The second-order valence-corrected chi connectivity index (χ2v) is 5.88. The largest absolute Gasteiger partial charge is 0.465 e. The molecule has 118 valence electrons. The third-order valence-electron chi connectivity index (χ3n) is 4.04. The van der Waals surface area contributed by atoms with Gasteiger partial charge in [-0.2, -0.15) is 5.10 Å². The minimum absolute atomic E-state index is 0.483. The molecule has 5 heteroatoms. The van der Waals surface area contributed by atoms with E-state index in [1.165, 1.54) is 16.7 Å². The number of hydrogen-bond donors (Lipinski definition) is 2. The first-order valence-electron chi connectivity index (χ1n) is 7.42. The smallest absolute Gasteiger partial charge is 0.410 e. The average molecular weight is 309 g/mol. The minimum Gasteiger partial charge on any atom is -0.465 e. The molecule has 0 bridgehead atoms. The van der Waals surface area contributed by atoms with Gasteiger partial charge in [-0.1, -0.05) is 29.8 Å². The van der Waals surface area contributed by atoms with E-state index in [2.05, 4.69) is 43.3 Å². The second-order valence-electron chi connectivity index (χ2n) is 5.88. The summed E-state index contributed by atoms with van der Waals surface area (Å²) in [5.41, 5.74) is 6.58. The Balaban J connectivity index is 2.30. The van der Waals surface area contributed by atoms with E-state index < -0.39 is 6.09 Å². The molecule has 0 spiro atoms. The van der Waals surface area contributed by atoms with Crippen LogP contribution in [0.4, 0.5) is 10.6 Å². The van der Waals surface area contributed by atoms with Gasteiger partial charge in [0.05, 0.1) is 0 Å². The molecule has 1 amide bonds. The van der Waals surface area contributed by atoms with Crippen LogP contribution in [0, 0.1) is 20.8 Å². The van der Waals surface area contributed by atoms with Crippen LogP contribution in [0.25, 0.3) is 22.0 Å². The van der Waals surface area contributed by atoms with Crippen molar-refractivity contribution in [2.24, 2.45) is 7.05 Å². The van der Waals surface area contributed by atoms with Gasteiger partial charge in [-0.15, -0.1) is 0 Å². The normalized spacial score (nSPS) is 11.0. The van der Waals surface area contributed by atoms with Crippen LogP contribution in [-0.2, 0) is 7.05 Å². The van der Waals surface area contributed by atoms with Gasteiger partial charge in [0.1, 0.15) is 11.3 Å². The van der Waals surface area contributed by atoms with Gasteiger partial charge >= 0.3 is 6.09 Å². The van der Waals surface area contributed by atoms with Crippen LogP contribution in [-0.4, -0.2) is 21.0 Å². The fourth-order valence-electron chi connectivity index (χ4n) is 3.27. The van der Waals surface area contributed by atoms with Crippen molar-refractivity contribution in [3.8, 4) is 11.1 Å². The van der Waals surface area contributed by atoms with E-state index in [9.17, 15) is 4.79 Å². The van der Waals surface area contributed by atoms with Crippen molar-refractivity contribution in [3.05, 3.63) is 47.0 Å². The van der Waals surface area contributed by atoms with E-state index >= 15 is 0 Å². The van der Waals surface area contributed by atoms with Crippen LogP contribution in [0.1, 0.15) is 16.7 Å². The Morgan fingerprint density at radius 2 is 1.83 bits per heavy atom. The van der Waals surface area contributed by atoms with Gasteiger partial charge in [-0.05, 0) is 43.5 Å². The topological polar surface area (TPSA) is 67.2 Å². The standard InChI is InChI=1S/C18H19N3O2/c1-10-8-11(2)15(12(3)9-10)13-6-5-7-14-16(13)20-21(4)17(14)19-18(22)23/h5-9,19H,1-4H3,(H,22,23). The number of hydrogen-bond acceptors (Lipinski definition) is 2. The number of aromatic nitrogens is 2. The van der Waals surface area contributed by atoms with Crippen molar-refractivity contribution >= 4 is 22.8 Å². The van der Waals surface area contributed by atoms with Crippen LogP contribution in [0.2, 0.25) is 0 Å². The minimum atomic E-state index is -1.09. The molecular formula is C18H19N3O2. The van der Waals surface area contributed by atoms with Crippen molar-refractivity contribution in [3.63, 3.8) is 0 Å². The molecule has 2 N–H and O–H groups in total. The number of anilines is 1. The molecule has 0 unspecified atom stereocenters. The Morgan fingerprint density at radius 1 is 1.17 bits per heavy atom. The van der Waals surface area contributed by atoms with Crippen molar-refractivity contribution < 1.29 is 9.90 Å². The highest BCUT2D eigenvalue weighted by Crippen LogP contribution is 2.35. The Morgan fingerprint density at radius 3 is 2.43 bits per heavy atom. The Labute approximate surface area is 134 Å². The number of fused-ring (bicyclic) bond motifs is 1. The number of carboxylic acid groups (broad SMARTS) is 1. The van der Waals surface area contributed by atoms with Gasteiger partial charge in [0.15, 0.2) is 0 Å². The lowest BCUT2D eigenvalue weighted by atomic mass is 9.92. The number of amides is 1. The third kappa shape index (κ3) is 2.54. The van der Waals surface area contributed by atoms with Crippen molar-refractivity contribution in [1.29, 1.82) is 0 Å². The molecule has 0 saturated carbocycles. The zero-order valence-corrected chi connectivity index (χ0v) is 13.6. The van der Waals surface area contributed by atoms with E-state index in [1.807, 2.05) is 18.2 Å². The fraction of sp³-hybridized carbons (Fsp3) is 0.222. The molecule has 0 fully saturated rings. The quantitative estimate of drug-likeness (QED) is 0.743. The lowest BCUT2D eigenvalue weighted by molar-refractivity contribution is 0.209. The molecule has 3 rings (SSSR count). The number of nitrogens with zero attached hydrogens (tertiary/aromatic N) is 2. The Hall–Kier alpha value is -2.82. The molecule has 5 nitrogen and oxygen atoms in total. The molecule has 23 heavy (non-hydrogen) atoms. The van der Waals surface area contributed by atoms with Crippen molar-refractivity contribution in [2.75, 3.05) is 5.32 Å². The summed E-state index contributed by atoms with van der Waals surface area (Å²) in [5, 5.41) is 16.8. The average Bonchev–Trinajstić information content (AvgIpc) is 2.75. The number of benzene rings is 2. The first-order valence-corrected chi connectivity index (χ1v) is 7.42. The molecule has 0 aliphatic rings. The summed E-state index contributed by atoms with van der Waals surface area (Å²) in [6, 6.07) is 10.2. The summed E-state index contributed by atoms with van der Waals surface area (Å²) in [6.07, 6.45) is -1.09. The van der Waals surface area contributed by atoms with Crippen LogP contribution < -0.4 is 5.32 Å². The first kappa shape index (κ1) is 15.1. The van der Waals surface area contributed by atoms with Gasteiger partial charge in [0.2, 0.25) is 0 Å². The Bertz CT molecular complexity index is 902. The third-order valence-corrected chi connectivity index (χ3v) is 4.04. The lowest BCUT2D eigenvalue weighted by Gasteiger charge is -2.12. The highest BCUT2D eigenvalue weighted by Gasteiger charge is 2.17. The van der Waals surface area contributed by atoms with Crippen molar-refractivity contribution in [1.82, 2.24) is 9.78 Å². The SMILES string of the molecule is Cc1cc(C)c(-c2cccc3c(NC(=O)O)n(C)nc23)c(C)c1. The summed E-state index contributed by atoms with van der Waals surface area (Å²) in [6.45, 7) is 6.26. The molecule has 3 aromatic rings. The Kier molecular flexibility index (Phi) is 3.56. The van der Waals surface area contributed by atoms with E-state index in [0.29, 0.717) is 5.82 Å². The van der Waals surface area contributed by atoms with Crippen LogP contribution >= 0.6 is 0 Å². The monoisotopic (exact) mass is 309 g/mol. The first-order chi connectivity index (χ1) is 10.9. The van der Waals surface area contributed by atoms with E-state index in [-0.39, 0.29) is 0 Å². The van der Waals surface area contributed by atoms with Gasteiger partial charge in [-0.3, -0.25) is 10.00 Å². The summed E-state index contributed by atoms with van der Waals surface area (Å²) in [4.78, 5) is 11.0. The molecule has 0 aliphatic carbocycles. The van der Waals surface area contributed by atoms with Gasteiger partial charge in [0.25, 0.3) is 0 Å². The van der Waals surface area contributed by atoms with E-state index in [1.54, 1.807) is 11.7 Å². The summed E-state index contributed by atoms with van der Waals surface area (Å²) >= 11 is 0. The highest BCUT2D eigenvalue weighted by atomic mass is 16.4. The zero-order valence-electron chi connectivity index (χ0n) is 13.6. The molecule has 0 saturated heterocycles. The number of aryl methyl sites for hydroxylation is 4. The zero-order chi connectivity index (χ0) is 16.7. The number of carbonyl (C=O) groups is 1. The predicted octanol–water partition coefficient (Wildman–Crippen LogP) is 4.26. The number of rotatable bonds is 2. The lowest BCUT2D eigenvalue weighted by Crippen LogP contribution is -2.11. The van der Waals surface area contributed by atoms with Crippen LogP contribution in [0.3, 0.4) is 0 Å². The molecular weight excluding hydrogens is 290 g/mol.